The zero-order chi connectivity index (χ0) is 18.5. The van der Waals surface area contributed by atoms with Crippen molar-refractivity contribution in [2.24, 2.45) is 0 Å². The number of rotatable bonds is 4. The summed E-state index contributed by atoms with van der Waals surface area (Å²) < 4.78 is 0. The van der Waals surface area contributed by atoms with Crippen LogP contribution in [-0.2, 0) is 0 Å². The summed E-state index contributed by atoms with van der Waals surface area (Å²) in [5, 5.41) is 10.3. The minimum atomic E-state index is -0.147. The highest BCUT2D eigenvalue weighted by Crippen LogP contribution is 2.24. The molecule has 0 radical (unpaired) electrons. The fourth-order valence-corrected chi connectivity index (χ4v) is 3.52. The fraction of sp³-hybridized carbons (Fsp3) is 0.286. The predicted molar refractivity (Wildman–Crippen MR) is 108 cm³/mol. The second-order valence-electron chi connectivity index (χ2n) is 6.88. The van der Waals surface area contributed by atoms with Crippen LogP contribution in [0.1, 0.15) is 32.1 Å². The molecule has 0 unspecified atom stereocenters. The van der Waals surface area contributed by atoms with Crippen molar-refractivity contribution in [3.05, 3.63) is 54.9 Å². The minimum absolute atomic E-state index is 0.147. The molecule has 27 heavy (non-hydrogen) atoms. The third kappa shape index (κ3) is 4.34. The molecule has 138 valence electrons. The van der Waals surface area contributed by atoms with E-state index in [-0.39, 0.29) is 12.1 Å². The van der Waals surface area contributed by atoms with Gasteiger partial charge in [0.15, 0.2) is 0 Å². The van der Waals surface area contributed by atoms with E-state index in [0.717, 1.165) is 40.9 Å². The van der Waals surface area contributed by atoms with Gasteiger partial charge in [0.25, 0.3) is 0 Å². The van der Waals surface area contributed by atoms with Crippen LogP contribution in [0.25, 0.3) is 10.9 Å². The van der Waals surface area contributed by atoms with Crippen LogP contribution in [0.4, 0.5) is 22.0 Å². The molecule has 2 aromatic carbocycles. The second-order valence-corrected chi connectivity index (χ2v) is 6.88. The van der Waals surface area contributed by atoms with Gasteiger partial charge < -0.3 is 16.0 Å². The number of nitrogens with one attached hydrogen (secondary N) is 3. The van der Waals surface area contributed by atoms with Gasteiger partial charge in [-0.1, -0.05) is 37.5 Å². The first-order valence-corrected chi connectivity index (χ1v) is 9.42. The SMILES string of the molecule is O=C(Nc1cccc(Nc2ncnc3ccccc23)c1)NC1CCCCC1. The molecule has 6 heteroatoms. The van der Waals surface area contributed by atoms with E-state index < -0.39 is 0 Å². The molecule has 1 aliphatic rings. The van der Waals surface area contributed by atoms with Crippen LogP contribution in [0.5, 0.6) is 0 Å². The molecule has 1 aliphatic carbocycles. The number of aromatic nitrogens is 2. The Morgan fingerprint density at radius 2 is 1.74 bits per heavy atom. The molecular formula is C21H23N5O. The molecular weight excluding hydrogens is 338 g/mol. The summed E-state index contributed by atoms with van der Waals surface area (Å²) in [4.78, 5) is 20.9. The van der Waals surface area contributed by atoms with Crippen LogP contribution < -0.4 is 16.0 Å². The van der Waals surface area contributed by atoms with Crippen molar-refractivity contribution in [2.75, 3.05) is 10.6 Å². The Bertz CT molecular complexity index is 931. The summed E-state index contributed by atoms with van der Waals surface area (Å²) in [6.45, 7) is 0. The fourth-order valence-electron chi connectivity index (χ4n) is 3.52. The number of benzene rings is 2. The third-order valence-corrected chi connectivity index (χ3v) is 4.87. The number of nitrogens with zero attached hydrogens (tertiary/aromatic N) is 2. The zero-order valence-corrected chi connectivity index (χ0v) is 15.1. The van der Waals surface area contributed by atoms with Crippen molar-refractivity contribution < 1.29 is 4.79 Å². The molecule has 1 saturated carbocycles. The molecule has 0 spiro atoms. The maximum absolute atomic E-state index is 12.3. The topological polar surface area (TPSA) is 78.9 Å². The van der Waals surface area contributed by atoms with Gasteiger partial charge in [0, 0.05) is 22.8 Å². The molecule has 1 fully saturated rings. The summed E-state index contributed by atoms with van der Waals surface area (Å²) in [5.41, 5.74) is 2.48. The van der Waals surface area contributed by atoms with E-state index in [0.29, 0.717) is 0 Å². The Labute approximate surface area is 158 Å². The summed E-state index contributed by atoms with van der Waals surface area (Å²) in [5.74, 6) is 0.740. The van der Waals surface area contributed by atoms with Gasteiger partial charge in [-0.15, -0.1) is 0 Å². The predicted octanol–water partition coefficient (Wildman–Crippen LogP) is 4.83. The normalized spacial score (nSPS) is 14.7. The summed E-state index contributed by atoms with van der Waals surface area (Å²) in [6.07, 6.45) is 7.33. The van der Waals surface area contributed by atoms with Crippen molar-refractivity contribution in [3.63, 3.8) is 0 Å². The Hall–Kier alpha value is -3.15. The monoisotopic (exact) mass is 361 g/mol. The van der Waals surface area contributed by atoms with Gasteiger partial charge in [-0.25, -0.2) is 14.8 Å². The van der Waals surface area contributed by atoms with Gasteiger partial charge in [-0.2, -0.15) is 0 Å². The Balaban J connectivity index is 1.45. The van der Waals surface area contributed by atoms with Crippen molar-refractivity contribution in [2.45, 2.75) is 38.1 Å². The maximum atomic E-state index is 12.3. The lowest BCUT2D eigenvalue weighted by atomic mass is 9.96. The number of hydrogen-bond donors (Lipinski definition) is 3. The number of hydrogen-bond acceptors (Lipinski definition) is 4. The lowest BCUT2D eigenvalue weighted by molar-refractivity contribution is 0.244. The maximum Gasteiger partial charge on any atom is 0.319 e. The van der Waals surface area contributed by atoms with E-state index in [1.165, 1.54) is 19.3 Å². The Kier molecular flexibility index (Phi) is 5.14. The van der Waals surface area contributed by atoms with Gasteiger partial charge in [-0.3, -0.25) is 0 Å². The molecule has 2 amide bonds. The lowest BCUT2D eigenvalue weighted by Gasteiger charge is -2.22. The molecule has 0 bridgehead atoms. The van der Waals surface area contributed by atoms with Crippen LogP contribution in [0.3, 0.4) is 0 Å². The van der Waals surface area contributed by atoms with Gasteiger partial charge in [0.2, 0.25) is 0 Å². The molecule has 4 rings (SSSR count). The minimum Gasteiger partial charge on any atom is -0.340 e. The number of carbonyl (C=O) groups excluding carboxylic acids is 1. The highest BCUT2D eigenvalue weighted by atomic mass is 16.2. The lowest BCUT2D eigenvalue weighted by Crippen LogP contribution is -2.39. The molecule has 3 aromatic rings. The highest BCUT2D eigenvalue weighted by molar-refractivity contribution is 5.92. The van der Waals surface area contributed by atoms with E-state index in [2.05, 4.69) is 25.9 Å². The van der Waals surface area contributed by atoms with Crippen molar-refractivity contribution >= 4 is 34.1 Å². The smallest absolute Gasteiger partial charge is 0.319 e. The van der Waals surface area contributed by atoms with E-state index in [4.69, 9.17) is 0 Å². The molecule has 1 heterocycles. The number of amides is 2. The van der Waals surface area contributed by atoms with Crippen molar-refractivity contribution in [1.82, 2.24) is 15.3 Å². The van der Waals surface area contributed by atoms with Crippen molar-refractivity contribution in [3.8, 4) is 0 Å². The quantitative estimate of drug-likeness (QED) is 0.622. The zero-order valence-electron chi connectivity index (χ0n) is 15.1. The van der Waals surface area contributed by atoms with Crippen LogP contribution in [-0.4, -0.2) is 22.0 Å². The average molecular weight is 361 g/mol. The number of fused-ring (bicyclic) bond motifs is 1. The standard InChI is InChI=1S/C21H23N5O/c27-21(25-15-7-2-1-3-8-15)26-17-10-6-9-16(13-17)24-20-18-11-4-5-12-19(18)22-14-23-20/h4-6,9-15H,1-3,7-8H2,(H,22,23,24)(H2,25,26,27). The van der Waals surface area contributed by atoms with Gasteiger partial charge in [-0.05, 0) is 43.2 Å². The molecule has 3 N–H and O–H groups in total. The third-order valence-electron chi connectivity index (χ3n) is 4.87. The van der Waals surface area contributed by atoms with Crippen LogP contribution in [0, 0.1) is 0 Å². The van der Waals surface area contributed by atoms with Gasteiger partial charge >= 0.3 is 6.03 Å². The molecule has 1 aromatic heterocycles. The first-order valence-electron chi connectivity index (χ1n) is 9.42. The van der Waals surface area contributed by atoms with E-state index in [1.807, 2.05) is 48.5 Å². The summed E-state index contributed by atoms with van der Waals surface area (Å²) >= 11 is 0. The number of carbonyl (C=O) groups is 1. The van der Waals surface area contributed by atoms with Crippen LogP contribution in [0.15, 0.2) is 54.9 Å². The van der Waals surface area contributed by atoms with E-state index >= 15 is 0 Å². The highest BCUT2D eigenvalue weighted by Gasteiger charge is 2.15. The Morgan fingerprint density at radius 3 is 2.63 bits per heavy atom. The van der Waals surface area contributed by atoms with E-state index in [9.17, 15) is 4.79 Å². The molecule has 6 nitrogen and oxygen atoms in total. The van der Waals surface area contributed by atoms with E-state index in [1.54, 1.807) is 6.33 Å². The average Bonchev–Trinajstić information content (AvgIpc) is 2.69. The first kappa shape index (κ1) is 17.3. The number of urea groups is 1. The van der Waals surface area contributed by atoms with Crippen LogP contribution in [0.2, 0.25) is 0 Å². The van der Waals surface area contributed by atoms with Crippen LogP contribution >= 0.6 is 0 Å². The molecule has 0 aliphatic heterocycles. The van der Waals surface area contributed by atoms with Gasteiger partial charge in [0.05, 0.1) is 5.52 Å². The molecule has 0 atom stereocenters. The van der Waals surface area contributed by atoms with Gasteiger partial charge in [0.1, 0.15) is 12.1 Å². The Morgan fingerprint density at radius 1 is 0.926 bits per heavy atom. The summed E-state index contributed by atoms with van der Waals surface area (Å²) in [6, 6.07) is 15.6. The molecule has 0 saturated heterocycles. The number of anilines is 3. The largest absolute Gasteiger partial charge is 0.340 e. The second kappa shape index (κ2) is 8.03. The van der Waals surface area contributed by atoms with Crippen molar-refractivity contribution in [1.29, 1.82) is 0 Å². The first-order chi connectivity index (χ1) is 13.3. The summed E-state index contributed by atoms with van der Waals surface area (Å²) in [7, 11) is 0. The number of para-hydroxylation sites is 1.